The summed E-state index contributed by atoms with van der Waals surface area (Å²) in [7, 11) is -3.04. The Morgan fingerprint density at radius 2 is 1.93 bits per heavy atom. The molecule has 0 amide bonds. The van der Waals surface area contributed by atoms with Crippen LogP contribution in [0.2, 0.25) is 0 Å². The van der Waals surface area contributed by atoms with Crippen molar-refractivity contribution in [3.63, 3.8) is 0 Å². The van der Waals surface area contributed by atoms with Gasteiger partial charge in [0.1, 0.15) is 0 Å². The van der Waals surface area contributed by atoms with Gasteiger partial charge < -0.3 is 5.11 Å². The topological polar surface area (TPSA) is 57.6 Å². The molecule has 1 heterocycles. The predicted octanol–water partition coefficient (Wildman–Crippen LogP) is 0.430. The molecular formula is C10H19NO3S. The second-order valence-electron chi connectivity index (χ2n) is 4.77. The molecule has 0 bridgehead atoms. The van der Waals surface area contributed by atoms with Crippen LogP contribution >= 0.6 is 0 Å². The molecule has 0 aromatic carbocycles. The van der Waals surface area contributed by atoms with Gasteiger partial charge in [-0.1, -0.05) is 0 Å². The minimum atomic E-state index is -3.04. The third-order valence-corrected chi connectivity index (χ3v) is 5.29. The fraction of sp³-hybridized carbons (Fsp3) is 1.00. The second-order valence-corrected chi connectivity index (χ2v) is 6.78. The molecule has 1 unspecified atom stereocenters. The number of hydrogen-bond donors (Lipinski definition) is 1. The first-order valence-electron chi connectivity index (χ1n) is 5.70. The fourth-order valence-corrected chi connectivity index (χ4v) is 4.10. The highest BCUT2D eigenvalue weighted by atomic mass is 32.2. The van der Waals surface area contributed by atoms with E-state index >= 15 is 0 Å². The Morgan fingerprint density at radius 3 is 2.53 bits per heavy atom. The Morgan fingerprint density at radius 1 is 1.20 bits per heavy atom. The Balaban J connectivity index is 1.95. The maximum absolute atomic E-state index is 11.9. The molecule has 1 N–H and O–H groups in total. The number of sulfonamides is 1. The van der Waals surface area contributed by atoms with Gasteiger partial charge in [-0.25, -0.2) is 12.7 Å². The third kappa shape index (κ3) is 2.92. The summed E-state index contributed by atoms with van der Waals surface area (Å²) in [6.07, 6.45) is 3.97. The van der Waals surface area contributed by atoms with Crippen molar-refractivity contribution < 1.29 is 13.5 Å². The molecule has 0 aromatic heterocycles. The minimum Gasteiger partial charge on any atom is -0.396 e. The molecule has 1 aliphatic heterocycles. The SMILES string of the molecule is O=S(=O)(CC1CC1)N1CCCC(CO)C1. The Bertz CT molecular complexity index is 311. The van der Waals surface area contributed by atoms with Crippen LogP contribution in [0.3, 0.4) is 0 Å². The number of rotatable bonds is 4. The molecule has 0 aromatic rings. The largest absolute Gasteiger partial charge is 0.396 e. The van der Waals surface area contributed by atoms with E-state index in [1.807, 2.05) is 0 Å². The molecule has 0 radical (unpaired) electrons. The van der Waals surface area contributed by atoms with Gasteiger partial charge in [-0.2, -0.15) is 0 Å². The summed E-state index contributed by atoms with van der Waals surface area (Å²) in [5.74, 6) is 0.878. The van der Waals surface area contributed by atoms with E-state index in [1.165, 1.54) is 0 Å². The number of hydrogen-bond acceptors (Lipinski definition) is 3. The van der Waals surface area contributed by atoms with Crippen LogP contribution in [0, 0.1) is 11.8 Å². The molecule has 1 saturated heterocycles. The van der Waals surface area contributed by atoms with Crippen LogP contribution in [-0.2, 0) is 10.0 Å². The molecule has 5 heteroatoms. The summed E-state index contributed by atoms with van der Waals surface area (Å²) in [6.45, 7) is 1.27. The molecule has 4 nitrogen and oxygen atoms in total. The lowest BCUT2D eigenvalue weighted by molar-refractivity contribution is 0.165. The van der Waals surface area contributed by atoms with E-state index in [0.717, 1.165) is 25.7 Å². The third-order valence-electron chi connectivity index (χ3n) is 3.28. The second kappa shape index (κ2) is 4.39. The lowest BCUT2D eigenvalue weighted by Crippen LogP contribution is -2.42. The van der Waals surface area contributed by atoms with Crippen LogP contribution in [-0.4, -0.2) is 43.3 Å². The van der Waals surface area contributed by atoms with Gasteiger partial charge in [0.05, 0.1) is 5.75 Å². The Hall–Kier alpha value is -0.130. The summed E-state index contributed by atoms with van der Waals surface area (Å²) < 4.78 is 25.5. The molecule has 2 rings (SSSR count). The van der Waals surface area contributed by atoms with Gasteiger partial charge >= 0.3 is 0 Å². The van der Waals surface area contributed by atoms with Crippen LogP contribution in [0.25, 0.3) is 0 Å². The molecule has 1 saturated carbocycles. The molecule has 2 aliphatic rings. The molecule has 2 fully saturated rings. The van der Waals surface area contributed by atoms with Crippen LogP contribution in [0.5, 0.6) is 0 Å². The number of aliphatic hydroxyl groups is 1. The number of piperidine rings is 1. The highest BCUT2D eigenvalue weighted by molar-refractivity contribution is 7.89. The van der Waals surface area contributed by atoms with E-state index in [0.29, 0.717) is 24.8 Å². The first kappa shape index (κ1) is 11.4. The van der Waals surface area contributed by atoms with Gasteiger partial charge in [-0.15, -0.1) is 0 Å². The maximum Gasteiger partial charge on any atom is 0.214 e. The molecule has 0 spiro atoms. The summed E-state index contributed by atoms with van der Waals surface area (Å²) in [4.78, 5) is 0. The monoisotopic (exact) mass is 233 g/mol. The summed E-state index contributed by atoms with van der Waals surface area (Å²) in [6, 6.07) is 0. The van der Waals surface area contributed by atoms with E-state index in [1.54, 1.807) is 4.31 Å². The van der Waals surface area contributed by atoms with Crippen molar-refractivity contribution in [2.45, 2.75) is 25.7 Å². The maximum atomic E-state index is 11.9. The predicted molar refractivity (Wildman–Crippen MR) is 57.9 cm³/mol. The van der Waals surface area contributed by atoms with Gasteiger partial charge in [0, 0.05) is 19.7 Å². The van der Waals surface area contributed by atoms with Crippen molar-refractivity contribution in [2.75, 3.05) is 25.4 Å². The van der Waals surface area contributed by atoms with Gasteiger partial charge in [0.15, 0.2) is 0 Å². The van der Waals surface area contributed by atoms with Gasteiger partial charge in [0.25, 0.3) is 0 Å². The average molecular weight is 233 g/mol. The highest BCUT2D eigenvalue weighted by Crippen LogP contribution is 2.32. The zero-order valence-corrected chi connectivity index (χ0v) is 9.75. The molecule has 88 valence electrons. The van der Waals surface area contributed by atoms with Gasteiger partial charge in [-0.3, -0.25) is 0 Å². The smallest absolute Gasteiger partial charge is 0.214 e. The molecule has 15 heavy (non-hydrogen) atoms. The van der Waals surface area contributed by atoms with Crippen LogP contribution in [0.15, 0.2) is 0 Å². The van der Waals surface area contributed by atoms with Crippen LogP contribution in [0.4, 0.5) is 0 Å². The van der Waals surface area contributed by atoms with Crippen molar-refractivity contribution >= 4 is 10.0 Å². The van der Waals surface area contributed by atoms with Crippen molar-refractivity contribution in [3.8, 4) is 0 Å². The van der Waals surface area contributed by atoms with Crippen molar-refractivity contribution in [3.05, 3.63) is 0 Å². The quantitative estimate of drug-likeness (QED) is 0.766. The minimum absolute atomic E-state index is 0.107. The summed E-state index contributed by atoms with van der Waals surface area (Å²) in [5.41, 5.74) is 0. The fourth-order valence-electron chi connectivity index (χ4n) is 2.12. The molecule has 1 atom stereocenters. The van der Waals surface area contributed by atoms with Crippen molar-refractivity contribution in [1.82, 2.24) is 4.31 Å². The van der Waals surface area contributed by atoms with Crippen LogP contribution in [0.1, 0.15) is 25.7 Å². The zero-order chi connectivity index (χ0) is 10.9. The normalized spacial score (nSPS) is 29.3. The van der Waals surface area contributed by atoms with E-state index in [4.69, 9.17) is 5.11 Å². The standard InChI is InChI=1S/C10H19NO3S/c12-7-10-2-1-5-11(6-10)15(13,14)8-9-3-4-9/h9-10,12H,1-8H2. The lowest BCUT2D eigenvalue weighted by atomic mass is 10.0. The highest BCUT2D eigenvalue weighted by Gasteiger charge is 2.34. The number of nitrogens with zero attached hydrogens (tertiary/aromatic N) is 1. The van der Waals surface area contributed by atoms with E-state index in [-0.39, 0.29) is 12.5 Å². The lowest BCUT2D eigenvalue weighted by Gasteiger charge is -2.30. The van der Waals surface area contributed by atoms with Gasteiger partial charge in [-0.05, 0) is 37.5 Å². The summed E-state index contributed by atoms with van der Waals surface area (Å²) >= 11 is 0. The van der Waals surface area contributed by atoms with E-state index < -0.39 is 10.0 Å². The van der Waals surface area contributed by atoms with Gasteiger partial charge in [0.2, 0.25) is 10.0 Å². The number of aliphatic hydroxyl groups excluding tert-OH is 1. The van der Waals surface area contributed by atoms with E-state index in [2.05, 4.69) is 0 Å². The summed E-state index contributed by atoms with van der Waals surface area (Å²) in [5, 5.41) is 9.05. The van der Waals surface area contributed by atoms with Crippen LogP contribution < -0.4 is 0 Å². The molecule has 1 aliphatic carbocycles. The Labute approximate surface area is 91.3 Å². The first-order valence-corrected chi connectivity index (χ1v) is 7.31. The average Bonchev–Trinajstić information content (AvgIpc) is 3.01. The van der Waals surface area contributed by atoms with E-state index in [9.17, 15) is 8.42 Å². The first-order chi connectivity index (χ1) is 7.12. The Kier molecular flexibility index (Phi) is 3.33. The van der Waals surface area contributed by atoms with Crippen molar-refractivity contribution in [1.29, 1.82) is 0 Å². The zero-order valence-electron chi connectivity index (χ0n) is 8.93. The molecular weight excluding hydrogens is 214 g/mol. The van der Waals surface area contributed by atoms with Crippen molar-refractivity contribution in [2.24, 2.45) is 11.8 Å².